The zero-order chi connectivity index (χ0) is 22.4. The molecule has 0 amide bonds. The van der Waals surface area contributed by atoms with Crippen LogP contribution in [-0.4, -0.2) is 49.5 Å². The van der Waals surface area contributed by atoms with Gasteiger partial charge in [-0.15, -0.1) is 0 Å². The van der Waals surface area contributed by atoms with Crippen LogP contribution in [0.25, 0.3) is 0 Å². The molecule has 5 atom stereocenters. The molecule has 0 aromatic rings. The Balaban J connectivity index is 1.37. The van der Waals surface area contributed by atoms with E-state index in [4.69, 9.17) is 9.47 Å². The van der Waals surface area contributed by atoms with Crippen LogP contribution in [0.3, 0.4) is 0 Å². The van der Waals surface area contributed by atoms with E-state index in [0.29, 0.717) is 30.7 Å². The molecule has 2 unspecified atom stereocenters. The first-order chi connectivity index (χ1) is 15.7. The van der Waals surface area contributed by atoms with Gasteiger partial charge in [-0.1, -0.05) is 57.8 Å². The first-order valence-corrected chi connectivity index (χ1v) is 14.0. The zero-order valence-corrected chi connectivity index (χ0v) is 20.8. The van der Waals surface area contributed by atoms with Crippen LogP contribution in [0.2, 0.25) is 0 Å². The van der Waals surface area contributed by atoms with Crippen LogP contribution < -0.4 is 10.6 Å². The summed E-state index contributed by atoms with van der Waals surface area (Å²) in [5.74, 6) is 0.00820. The van der Waals surface area contributed by atoms with E-state index in [1.807, 2.05) is 0 Å². The third-order valence-electron chi connectivity index (χ3n) is 7.84. The number of nitrogens with one attached hydrogen (secondary N) is 2. The summed E-state index contributed by atoms with van der Waals surface area (Å²) in [6, 6.07) is 1.74. The van der Waals surface area contributed by atoms with Gasteiger partial charge in [0.2, 0.25) is 0 Å². The maximum Gasteiger partial charge on any atom is 0.306 e. The SMILES string of the molecule is C[C@@H]1N[C@@H]2CCCCCCCC(=O)OC3CC[C@@H](CCCCCCCCOC1CC2)NC3. The number of hydrogen-bond acceptors (Lipinski definition) is 5. The second-order valence-electron chi connectivity index (χ2n) is 10.6. The largest absolute Gasteiger partial charge is 0.461 e. The van der Waals surface area contributed by atoms with Crippen molar-refractivity contribution in [3.8, 4) is 0 Å². The standard InChI is InChI=1S/C27H50N2O3/c1-22-26-19-17-24(29-22)14-10-6-4-7-11-15-27(30)32-25-18-16-23(28-21-25)13-9-5-2-3-8-12-20-31-26/h22-26,28-29H,2-21H2,1H3/t22-,23+,24+,25?,26?/m0/s1. The molecule has 5 nitrogen and oxygen atoms in total. The van der Waals surface area contributed by atoms with Gasteiger partial charge in [-0.25, -0.2) is 0 Å². The highest BCUT2D eigenvalue weighted by molar-refractivity contribution is 5.69. The van der Waals surface area contributed by atoms with Crippen molar-refractivity contribution in [2.75, 3.05) is 13.2 Å². The molecule has 186 valence electrons. The zero-order valence-electron chi connectivity index (χ0n) is 20.8. The molecule has 0 saturated carbocycles. The maximum atomic E-state index is 12.2. The highest BCUT2D eigenvalue weighted by atomic mass is 16.5. The smallest absolute Gasteiger partial charge is 0.306 e. The molecule has 6 saturated heterocycles. The Morgan fingerprint density at radius 2 is 1.38 bits per heavy atom. The van der Waals surface area contributed by atoms with Gasteiger partial charge in [-0.05, 0) is 58.3 Å². The van der Waals surface area contributed by atoms with E-state index in [-0.39, 0.29) is 12.1 Å². The van der Waals surface area contributed by atoms with Crippen molar-refractivity contribution in [2.45, 2.75) is 153 Å². The lowest BCUT2D eigenvalue weighted by Crippen LogP contribution is -2.49. The number of ether oxygens (including phenoxy) is 2. The Kier molecular flexibility index (Phi) is 12.4. The predicted octanol–water partition coefficient (Wildman–Crippen LogP) is 5.65. The van der Waals surface area contributed by atoms with Gasteiger partial charge in [0.25, 0.3) is 0 Å². The Morgan fingerprint density at radius 1 is 0.719 bits per heavy atom. The van der Waals surface area contributed by atoms with Crippen LogP contribution in [-0.2, 0) is 14.3 Å². The number of carbonyl (C=O) groups is 1. The van der Waals surface area contributed by atoms with Crippen LogP contribution in [0.15, 0.2) is 0 Å². The Bertz CT molecular complexity index is 507. The number of rotatable bonds is 0. The molecule has 6 rings (SSSR count). The molecular weight excluding hydrogens is 400 g/mol. The summed E-state index contributed by atoms with van der Waals surface area (Å²) in [6.45, 7) is 4.07. The van der Waals surface area contributed by atoms with Gasteiger partial charge in [0, 0.05) is 37.7 Å². The summed E-state index contributed by atoms with van der Waals surface area (Å²) >= 11 is 0. The van der Waals surface area contributed by atoms with Gasteiger partial charge in [0.05, 0.1) is 6.10 Å². The lowest BCUT2D eigenvalue weighted by molar-refractivity contribution is -0.150. The van der Waals surface area contributed by atoms with Crippen LogP contribution in [0.1, 0.15) is 122 Å². The Hall–Kier alpha value is -0.650. The van der Waals surface area contributed by atoms with Gasteiger partial charge in [0.15, 0.2) is 0 Å². The van der Waals surface area contributed by atoms with Crippen molar-refractivity contribution in [3.05, 3.63) is 0 Å². The van der Waals surface area contributed by atoms with Crippen molar-refractivity contribution >= 4 is 5.97 Å². The average molecular weight is 451 g/mol. The summed E-state index contributed by atoms with van der Waals surface area (Å²) in [7, 11) is 0. The first-order valence-electron chi connectivity index (χ1n) is 14.0. The molecule has 0 aliphatic carbocycles. The molecule has 0 aromatic carbocycles. The second kappa shape index (κ2) is 15.3. The molecule has 6 aliphatic heterocycles. The lowest BCUT2D eigenvalue weighted by atomic mass is 9.93. The molecule has 6 fully saturated rings. The number of hydrogen-bond donors (Lipinski definition) is 2. The molecule has 4 bridgehead atoms. The molecule has 2 N–H and O–H groups in total. The predicted molar refractivity (Wildman–Crippen MR) is 131 cm³/mol. The fourth-order valence-corrected chi connectivity index (χ4v) is 5.74. The van der Waals surface area contributed by atoms with Crippen molar-refractivity contribution in [1.82, 2.24) is 10.6 Å². The highest BCUT2D eigenvalue weighted by Gasteiger charge is 2.27. The van der Waals surface area contributed by atoms with Gasteiger partial charge in [0.1, 0.15) is 6.10 Å². The van der Waals surface area contributed by atoms with Gasteiger partial charge in [-0.2, -0.15) is 0 Å². The molecule has 0 spiro atoms. The van der Waals surface area contributed by atoms with Crippen molar-refractivity contribution < 1.29 is 14.3 Å². The van der Waals surface area contributed by atoms with Crippen LogP contribution in [0, 0.1) is 0 Å². The van der Waals surface area contributed by atoms with E-state index in [2.05, 4.69) is 17.6 Å². The molecule has 6 heterocycles. The molecule has 0 radical (unpaired) electrons. The number of esters is 1. The van der Waals surface area contributed by atoms with Gasteiger partial charge >= 0.3 is 5.97 Å². The molecule has 0 aromatic heterocycles. The average Bonchev–Trinajstić information content (AvgIpc) is 2.79. The minimum Gasteiger partial charge on any atom is -0.461 e. The number of piperidine rings is 2. The van der Waals surface area contributed by atoms with Crippen molar-refractivity contribution in [3.63, 3.8) is 0 Å². The fraction of sp³-hybridized carbons (Fsp3) is 0.963. The van der Waals surface area contributed by atoms with Crippen molar-refractivity contribution in [2.24, 2.45) is 0 Å². The van der Waals surface area contributed by atoms with Crippen LogP contribution in [0.4, 0.5) is 0 Å². The topological polar surface area (TPSA) is 59.6 Å². The minimum atomic E-state index is 0.00820. The van der Waals surface area contributed by atoms with Gasteiger partial charge in [-0.3, -0.25) is 4.79 Å². The van der Waals surface area contributed by atoms with Crippen molar-refractivity contribution in [1.29, 1.82) is 0 Å². The summed E-state index contributed by atoms with van der Waals surface area (Å²) in [6.07, 6.45) is 22.0. The summed E-state index contributed by atoms with van der Waals surface area (Å²) < 4.78 is 12.0. The third-order valence-corrected chi connectivity index (χ3v) is 7.84. The summed E-state index contributed by atoms with van der Waals surface area (Å²) in [5, 5.41) is 7.42. The fourth-order valence-electron chi connectivity index (χ4n) is 5.74. The van der Waals surface area contributed by atoms with Crippen LogP contribution >= 0.6 is 0 Å². The van der Waals surface area contributed by atoms with Crippen LogP contribution in [0.5, 0.6) is 0 Å². The molecule has 32 heavy (non-hydrogen) atoms. The minimum absolute atomic E-state index is 0.00820. The van der Waals surface area contributed by atoms with E-state index in [9.17, 15) is 4.79 Å². The van der Waals surface area contributed by atoms with E-state index >= 15 is 0 Å². The highest BCUT2D eigenvalue weighted by Crippen LogP contribution is 2.22. The van der Waals surface area contributed by atoms with E-state index in [1.165, 1.54) is 83.5 Å². The quantitative estimate of drug-likeness (QED) is 0.467. The van der Waals surface area contributed by atoms with Gasteiger partial charge < -0.3 is 20.1 Å². The maximum absolute atomic E-state index is 12.2. The lowest BCUT2D eigenvalue weighted by Gasteiger charge is -2.35. The van der Waals surface area contributed by atoms with E-state index in [1.54, 1.807) is 0 Å². The summed E-state index contributed by atoms with van der Waals surface area (Å²) in [5.41, 5.74) is 0. The Labute approximate surface area is 197 Å². The number of carbonyl (C=O) groups excluding carboxylic acids is 1. The molecule has 6 aliphatic rings. The first kappa shape index (κ1) is 26.0. The monoisotopic (exact) mass is 450 g/mol. The Morgan fingerprint density at radius 3 is 2.09 bits per heavy atom. The molecule has 5 heteroatoms. The second-order valence-corrected chi connectivity index (χ2v) is 10.6. The molecular formula is C27H50N2O3. The van der Waals surface area contributed by atoms with E-state index in [0.717, 1.165) is 38.8 Å². The third kappa shape index (κ3) is 10.1. The normalized spacial score (nSPS) is 35.9. The summed E-state index contributed by atoms with van der Waals surface area (Å²) in [4.78, 5) is 12.2. The van der Waals surface area contributed by atoms with E-state index < -0.39 is 0 Å².